The van der Waals surface area contributed by atoms with Gasteiger partial charge in [0.05, 0.1) is 42.7 Å². The summed E-state index contributed by atoms with van der Waals surface area (Å²) >= 11 is 0. The zero-order valence-corrected chi connectivity index (χ0v) is 15.0. The van der Waals surface area contributed by atoms with E-state index in [2.05, 4.69) is 4.98 Å². The van der Waals surface area contributed by atoms with Gasteiger partial charge < -0.3 is 5.11 Å². The summed E-state index contributed by atoms with van der Waals surface area (Å²) in [5.74, 6) is -1.21. The van der Waals surface area contributed by atoms with Crippen LogP contribution in [0.3, 0.4) is 0 Å². The van der Waals surface area contributed by atoms with Crippen molar-refractivity contribution >= 4 is 33.7 Å². The molecule has 0 atom stereocenters. The molecular formula is C16H11N5O9. The number of non-ortho nitro benzene ring substituents is 2. The number of phenolic OH excluding ortho intramolecular Hbond substituents is 1. The Morgan fingerprint density at radius 1 is 0.800 bits per heavy atom. The molecule has 14 nitrogen and oxygen atoms in total. The lowest BCUT2D eigenvalue weighted by Crippen LogP contribution is -1.97. The molecule has 2 aromatic carbocycles. The molecule has 154 valence electrons. The van der Waals surface area contributed by atoms with E-state index in [9.17, 15) is 40.5 Å². The Morgan fingerprint density at radius 2 is 1.33 bits per heavy atom. The maximum absolute atomic E-state index is 10.7. The van der Waals surface area contributed by atoms with Crippen LogP contribution in [0.15, 0.2) is 42.6 Å². The zero-order valence-electron chi connectivity index (χ0n) is 15.0. The highest BCUT2D eigenvalue weighted by molar-refractivity contribution is 5.89. The molecule has 0 bridgehead atoms. The van der Waals surface area contributed by atoms with Crippen LogP contribution in [0.25, 0.3) is 10.9 Å². The van der Waals surface area contributed by atoms with Crippen molar-refractivity contribution in [2.75, 3.05) is 0 Å². The molecule has 0 saturated carbocycles. The molecule has 0 fully saturated rings. The molecule has 14 heteroatoms. The fraction of sp³-hybridized carbons (Fsp3) is 0.0625. The minimum absolute atomic E-state index is 0.110. The van der Waals surface area contributed by atoms with Gasteiger partial charge in [-0.15, -0.1) is 0 Å². The zero-order chi connectivity index (χ0) is 22.6. The highest BCUT2D eigenvalue weighted by Gasteiger charge is 2.30. The number of phenols is 1. The molecule has 0 amide bonds. The molecule has 3 rings (SSSR count). The average molecular weight is 417 g/mol. The van der Waals surface area contributed by atoms with Crippen molar-refractivity contribution in [3.63, 3.8) is 0 Å². The van der Waals surface area contributed by atoms with Gasteiger partial charge in [0.15, 0.2) is 0 Å². The van der Waals surface area contributed by atoms with Crippen LogP contribution in [0.1, 0.15) is 5.56 Å². The molecule has 0 aliphatic rings. The van der Waals surface area contributed by atoms with Gasteiger partial charge in [-0.25, -0.2) is 0 Å². The van der Waals surface area contributed by atoms with Crippen LogP contribution < -0.4 is 0 Å². The lowest BCUT2D eigenvalue weighted by Gasteiger charge is -2.00. The van der Waals surface area contributed by atoms with Crippen molar-refractivity contribution < 1.29 is 24.8 Å². The summed E-state index contributed by atoms with van der Waals surface area (Å²) in [6, 6.07) is 7.54. The topological polar surface area (TPSA) is 206 Å². The molecule has 3 aromatic rings. The molecule has 30 heavy (non-hydrogen) atoms. The van der Waals surface area contributed by atoms with E-state index < -0.39 is 37.6 Å². The third-order valence-electron chi connectivity index (χ3n) is 3.80. The Kier molecular flexibility index (Phi) is 6.11. The molecule has 0 aliphatic carbocycles. The van der Waals surface area contributed by atoms with Crippen LogP contribution in [0.2, 0.25) is 0 Å². The van der Waals surface area contributed by atoms with Gasteiger partial charge in [-0.1, -0.05) is 6.07 Å². The van der Waals surface area contributed by atoms with Crippen LogP contribution in [0.4, 0.5) is 22.7 Å². The maximum atomic E-state index is 10.7. The van der Waals surface area contributed by atoms with Crippen molar-refractivity contribution in [3.8, 4) is 5.75 Å². The number of hydrogen-bond acceptors (Lipinski definition) is 10. The SMILES string of the molecule is Cc1ccc([N+](=O)[O-])c2cccnc12.O=[N+]([O-])c1cc([N+](=O)[O-])c(O)c([N+](=O)[O-])c1. The summed E-state index contributed by atoms with van der Waals surface area (Å²) in [5, 5.41) is 51.5. The standard InChI is InChI=1S/C10H8N2O2.C6H3N3O7/c1-7-4-5-9(12(13)14)8-3-2-6-11-10(7)8;10-6-4(8(13)14)1-3(7(11)12)2-5(6)9(15)16/h2-6H,1H3;1-2,10H. The Bertz CT molecular complexity index is 1160. The highest BCUT2D eigenvalue weighted by Crippen LogP contribution is 2.38. The monoisotopic (exact) mass is 417 g/mol. The third kappa shape index (κ3) is 4.38. The van der Waals surface area contributed by atoms with Gasteiger partial charge in [0.1, 0.15) is 0 Å². The van der Waals surface area contributed by atoms with Crippen LogP contribution >= 0.6 is 0 Å². The van der Waals surface area contributed by atoms with E-state index in [0.29, 0.717) is 23.0 Å². The van der Waals surface area contributed by atoms with Crippen LogP contribution in [-0.4, -0.2) is 29.8 Å². The van der Waals surface area contributed by atoms with E-state index in [0.717, 1.165) is 5.56 Å². The number of fused-ring (bicyclic) bond motifs is 1. The van der Waals surface area contributed by atoms with Crippen molar-refractivity contribution in [2.24, 2.45) is 0 Å². The van der Waals surface area contributed by atoms with Gasteiger partial charge in [-0.3, -0.25) is 45.4 Å². The lowest BCUT2D eigenvalue weighted by molar-refractivity contribution is -0.404. The number of aromatic hydroxyl groups is 1. The van der Waals surface area contributed by atoms with E-state index in [4.69, 9.17) is 5.11 Å². The lowest BCUT2D eigenvalue weighted by atomic mass is 10.1. The van der Waals surface area contributed by atoms with Crippen LogP contribution in [0, 0.1) is 47.4 Å². The molecule has 0 aliphatic heterocycles. The fourth-order valence-electron chi connectivity index (χ4n) is 2.43. The molecule has 0 saturated heterocycles. The molecular weight excluding hydrogens is 406 g/mol. The Balaban J connectivity index is 0.000000215. The van der Waals surface area contributed by atoms with Crippen molar-refractivity contribution in [1.29, 1.82) is 0 Å². The molecule has 1 N–H and O–H groups in total. The summed E-state index contributed by atoms with van der Waals surface area (Å²) in [5.41, 5.74) is -1.25. The number of aromatic nitrogens is 1. The van der Waals surface area contributed by atoms with Gasteiger partial charge in [-0.05, 0) is 24.6 Å². The first-order chi connectivity index (χ1) is 14.0. The first kappa shape index (κ1) is 21.5. The number of benzene rings is 2. The first-order valence-electron chi connectivity index (χ1n) is 7.83. The normalized spacial score (nSPS) is 10.0. The summed E-state index contributed by atoms with van der Waals surface area (Å²) < 4.78 is 0. The average Bonchev–Trinajstić information content (AvgIpc) is 2.68. The summed E-state index contributed by atoms with van der Waals surface area (Å²) in [6.07, 6.45) is 1.64. The smallest absolute Gasteiger partial charge is 0.324 e. The molecule has 0 spiro atoms. The number of aryl methyl sites for hydroxylation is 1. The van der Waals surface area contributed by atoms with Gasteiger partial charge >= 0.3 is 11.4 Å². The molecule has 0 unspecified atom stereocenters. The predicted molar refractivity (Wildman–Crippen MR) is 101 cm³/mol. The summed E-state index contributed by atoms with van der Waals surface area (Å²) in [4.78, 5) is 42.2. The summed E-state index contributed by atoms with van der Waals surface area (Å²) in [7, 11) is 0. The Hall–Kier alpha value is -4.75. The van der Waals surface area contributed by atoms with E-state index in [1.54, 1.807) is 24.4 Å². The fourth-order valence-corrected chi connectivity index (χ4v) is 2.43. The second kappa shape index (κ2) is 8.51. The van der Waals surface area contributed by atoms with E-state index in [1.165, 1.54) is 6.07 Å². The van der Waals surface area contributed by atoms with Crippen molar-refractivity contribution in [1.82, 2.24) is 4.98 Å². The van der Waals surface area contributed by atoms with Gasteiger partial charge in [0.25, 0.3) is 17.1 Å². The molecule has 0 radical (unpaired) electrons. The second-order valence-corrected chi connectivity index (χ2v) is 5.66. The molecule has 1 aromatic heterocycles. The predicted octanol–water partition coefficient (Wildman–Crippen LogP) is 3.57. The van der Waals surface area contributed by atoms with Gasteiger partial charge in [0.2, 0.25) is 0 Å². The number of nitro groups is 4. The highest BCUT2D eigenvalue weighted by atomic mass is 16.6. The van der Waals surface area contributed by atoms with Gasteiger partial charge in [0, 0.05) is 12.3 Å². The van der Waals surface area contributed by atoms with E-state index in [-0.39, 0.29) is 10.6 Å². The minimum atomic E-state index is -1.21. The third-order valence-corrected chi connectivity index (χ3v) is 3.80. The number of rotatable bonds is 4. The van der Waals surface area contributed by atoms with Crippen molar-refractivity contribution in [2.45, 2.75) is 6.92 Å². The van der Waals surface area contributed by atoms with E-state index >= 15 is 0 Å². The number of hydrogen-bond donors (Lipinski definition) is 1. The minimum Gasteiger partial charge on any atom is -0.497 e. The maximum Gasteiger partial charge on any atom is 0.324 e. The Morgan fingerprint density at radius 3 is 1.80 bits per heavy atom. The number of nitro benzene ring substituents is 4. The van der Waals surface area contributed by atoms with Gasteiger partial charge in [-0.2, -0.15) is 0 Å². The van der Waals surface area contributed by atoms with E-state index in [1.807, 2.05) is 6.92 Å². The Labute approximate surface area is 165 Å². The first-order valence-corrected chi connectivity index (χ1v) is 7.83. The van der Waals surface area contributed by atoms with Crippen LogP contribution in [-0.2, 0) is 0 Å². The summed E-state index contributed by atoms with van der Waals surface area (Å²) in [6.45, 7) is 1.89. The molecule has 1 heterocycles. The van der Waals surface area contributed by atoms with Crippen LogP contribution in [0.5, 0.6) is 5.75 Å². The number of pyridine rings is 1. The van der Waals surface area contributed by atoms with Crippen molar-refractivity contribution in [3.05, 3.63) is 88.6 Å². The number of nitrogens with zero attached hydrogens (tertiary/aromatic N) is 5. The largest absolute Gasteiger partial charge is 0.497 e. The quantitative estimate of drug-likeness (QED) is 0.482. The second-order valence-electron chi connectivity index (χ2n) is 5.66.